The Balaban J connectivity index is 1.41. The van der Waals surface area contributed by atoms with Gasteiger partial charge in [-0.15, -0.1) is 0 Å². The van der Waals surface area contributed by atoms with Gasteiger partial charge in [0.25, 0.3) is 0 Å². The van der Waals surface area contributed by atoms with Crippen LogP contribution in [0.5, 0.6) is 17.2 Å². The Bertz CT molecular complexity index is 1570. The minimum atomic E-state index is -2.90. The minimum absolute atomic E-state index is 0.0952. The van der Waals surface area contributed by atoms with Crippen LogP contribution >= 0.6 is 11.8 Å². The number of benzene rings is 3. The molecular formula is C32H26F4N2O3S. The van der Waals surface area contributed by atoms with Crippen LogP contribution in [0, 0.1) is 0 Å². The van der Waals surface area contributed by atoms with E-state index >= 15 is 0 Å². The second-order valence-electron chi connectivity index (χ2n) is 9.81. The molecule has 0 fully saturated rings. The topological polar surface area (TPSA) is 43.3 Å². The maximum absolute atomic E-state index is 12.8. The average Bonchev–Trinajstić information content (AvgIpc) is 3.41. The van der Waals surface area contributed by atoms with E-state index in [0.717, 1.165) is 69.4 Å². The second-order valence-corrected chi connectivity index (χ2v) is 10.6. The summed E-state index contributed by atoms with van der Waals surface area (Å²) < 4.78 is 65.3. The quantitative estimate of drug-likeness (QED) is 0.244. The van der Waals surface area contributed by atoms with E-state index in [-0.39, 0.29) is 17.5 Å². The van der Waals surface area contributed by atoms with Crippen molar-refractivity contribution in [2.75, 3.05) is 7.11 Å². The van der Waals surface area contributed by atoms with E-state index in [9.17, 15) is 17.6 Å². The van der Waals surface area contributed by atoms with E-state index in [1.165, 1.54) is 23.9 Å². The van der Waals surface area contributed by atoms with E-state index in [2.05, 4.69) is 19.8 Å². The van der Waals surface area contributed by atoms with Crippen molar-refractivity contribution in [3.8, 4) is 17.2 Å². The molecule has 0 bridgehead atoms. The molecule has 2 aliphatic heterocycles. The Morgan fingerprint density at radius 3 is 2.07 bits per heavy atom. The molecule has 0 saturated carbocycles. The predicted molar refractivity (Wildman–Crippen MR) is 156 cm³/mol. The molecule has 0 radical (unpaired) electrons. The van der Waals surface area contributed by atoms with Crippen molar-refractivity contribution in [1.82, 2.24) is 4.90 Å². The largest absolute Gasteiger partial charge is 0.497 e. The number of hydrogen-bond donors (Lipinski definition) is 0. The highest BCUT2D eigenvalue weighted by Crippen LogP contribution is 2.51. The van der Waals surface area contributed by atoms with Crippen LogP contribution in [0.25, 0.3) is 11.8 Å². The Kier molecular flexibility index (Phi) is 7.97. The van der Waals surface area contributed by atoms with Crippen LogP contribution in [0.1, 0.15) is 42.0 Å². The average molecular weight is 595 g/mol. The van der Waals surface area contributed by atoms with Gasteiger partial charge < -0.3 is 19.1 Å². The molecule has 1 unspecified atom stereocenters. The number of aliphatic imine (C=N–C) groups is 1. The molecule has 10 heteroatoms. The van der Waals surface area contributed by atoms with E-state index in [1.807, 2.05) is 42.5 Å². The Morgan fingerprint density at radius 1 is 0.833 bits per heavy atom. The summed E-state index contributed by atoms with van der Waals surface area (Å²) in [6, 6.07) is 20.9. The van der Waals surface area contributed by atoms with Crippen LogP contribution in [-0.4, -0.2) is 30.4 Å². The molecule has 1 atom stereocenters. The summed E-state index contributed by atoms with van der Waals surface area (Å²) >= 11 is 1.53. The van der Waals surface area contributed by atoms with Crippen LogP contribution in [-0.2, 0) is 0 Å². The summed E-state index contributed by atoms with van der Waals surface area (Å²) in [6.07, 6.45) is 4.55. The van der Waals surface area contributed by atoms with Gasteiger partial charge in [0.1, 0.15) is 17.2 Å². The normalized spacial score (nSPS) is 19.1. The lowest BCUT2D eigenvalue weighted by Crippen LogP contribution is -2.34. The Hall–Kier alpha value is -4.18. The molecule has 0 N–H and O–H groups in total. The first-order valence-corrected chi connectivity index (χ1v) is 14.2. The van der Waals surface area contributed by atoms with Gasteiger partial charge in [-0.1, -0.05) is 36.0 Å². The van der Waals surface area contributed by atoms with Crippen LogP contribution in [0.2, 0.25) is 0 Å². The lowest BCUT2D eigenvalue weighted by Gasteiger charge is -2.40. The van der Waals surface area contributed by atoms with Crippen LogP contribution < -0.4 is 14.2 Å². The van der Waals surface area contributed by atoms with E-state index in [0.29, 0.717) is 0 Å². The van der Waals surface area contributed by atoms with Crippen molar-refractivity contribution in [3.63, 3.8) is 0 Å². The van der Waals surface area contributed by atoms with Gasteiger partial charge in [0.05, 0.1) is 24.5 Å². The van der Waals surface area contributed by atoms with Crippen LogP contribution in [0.4, 0.5) is 17.6 Å². The standard InChI is InChI=1S/C32H26F4N2O3S/c1-39-23-13-7-20(8-14-23)27-18-42-32-37-28-22(17-19-5-11-24(12-6-19)40-30(33)34)3-2-4-26(28)29(38(27)32)21-9-15-25(16-10-21)41-31(35)36/h5-18,29-31H,2-4H2,1H3/b22-17-. The molecule has 1 aliphatic carbocycles. The summed E-state index contributed by atoms with van der Waals surface area (Å²) in [5, 5.41) is 2.89. The first-order chi connectivity index (χ1) is 20.4. The molecule has 3 aromatic rings. The molecular weight excluding hydrogens is 568 g/mol. The molecule has 0 saturated heterocycles. The van der Waals surface area contributed by atoms with Gasteiger partial charge in [0.2, 0.25) is 0 Å². The maximum atomic E-state index is 12.8. The predicted octanol–water partition coefficient (Wildman–Crippen LogP) is 8.88. The third kappa shape index (κ3) is 5.76. The van der Waals surface area contributed by atoms with Gasteiger partial charge in [0, 0.05) is 5.41 Å². The Morgan fingerprint density at radius 2 is 1.45 bits per heavy atom. The van der Waals surface area contributed by atoms with Gasteiger partial charge in [-0.2, -0.15) is 17.6 Å². The minimum Gasteiger partial charge on any atom is -0.497 e. The highest BCUT2D eigenvalue weighted by molar-refractivity contribution is 8.16. The summed E-state index contributed by atoms with van der Waals surface area (Å²) in [4.78, 5) is 7.34. The van der Waals surface area contributed by atoms with E-state index in [1.54, 1.807) is 31.4 Å². The molecule has 5 nitrogen and oxygen atoms in total. The highest BCUT2D eigenvalue weighted by Gasteiger charge is 2.40. The third-order valence-corrected chi connectivity index (χ3v) is 8.13. The van der Waals surface area contributed by atoms with Crippen molar-refractivity contribution in [3.05, 3.63) is 112 Å². The number of alkyl halides is 4. The number of ether oxygens (including phenoxy) is 3. The van der Waals surface area contributed by atoms with Gasteiger partial charge in [-0.3, -0.25) is 0 Å². The fourth-order valence-electron chi connectivity index (χ4n) is 5.47. The highest BCUT2D eigenvalue weighted by atomic mass is 32.2. The number of allylic oxidation sites excluding steroid dienone is 1. The summed E-state index contributed by atoms with van der Waals surface area (Å²) in [7, 11) is 1.63. The maximum Gasteiger partial charge on any atom is 0.387 e. The van der Waals surface area contributed by atoms with Crippen molar-refractivity contribution < 1.29 is 31.8 Å². The number of rotatable bonds is 8. The van der Waals surface area contributed by atoms with Gasteiger partial charge in [0.15, 0.2) is 5.17 Å². The van der Waals surface area contributed by atoms with Gasteiger partial charge in [-0.05, 0) is 102 Å². The number of thioether (sulfide) groups is 1. The molecule has 0 aromatic heterocycles. The number of halogens is 4. The lowest BCUT2D eigenvalue weighted by molar-refractivity contribution is -0.0505. The SMILES string of the molecule is COc1ccc(C2=CSC3=NC4=C(CCC/C4=C/c4ccc(OC(F)F)cc4)C(c4ccc(OC(F)F)cc4)N23)cc1. The molecule has 3 aliphatic rings. The molecule has 6 rings (SSSR count). The number of amidine groups is 1. The molecule has 3 aromatic carbocycles. The van der Waals surface area contributed by atoms with Crippen molar-refractivity contribution in [2.24, 2.45) is 4.99 Å². The van der Waals surface area contributed by atoms with Crippen molar-refractivity contribution >= 4 is 28.7 Å². The first kappa shape index (κ1) is 28.0. The fraction of sp³-hybridized carbons (Fsp3) is 0.219. The van der Waals surface area contributed by atoms with Gasteiger partial charge >= 0.3 is 13.2 Å². The lowest BCUT2D eigenvalue weighted by atomic mass is 9.82. The molecule has 0 amide bonds. The summed E-state index contributed by atoms with van der Waals surface area (Å²) in [5.74, 6) is 0.950. The van der Waals surface area contributed by atoms with Crippen LogP contribution in [0.15, 0.2) is 100 Å². The first-order valence-electron chi connectivity index (χ1n) is 13.3. The van der Waals surface area contributed by atoms with Gasteiger partial charge in [-0.25, -0.2) is 4.99 Å². The summed E-state index contributed by atoms with van der Waals surface area (Å²) in [6.45, 7) is -5.78. The third-order valence-electron chi connectivity index (χ3n) is 7.29. The molecule has 0 spiro atoms. The molecule has 42 heavy (non-hydrogen) atoms. The second kappa shape index (κ2) is 12.0. The zero-order chi connectivity index (χ0) is 29.2. The smallest absolute Gasteiger partial charge is 0.387 e. The number of fused-ring (bicyclic) bond motifs is 1. The Labute approximate surface area is 244 Å². The zero-order valence-electron chi connectivity index (χ0n) is 22.5. The van der Waals surface area contributed by atoms with Crippen molar-refractivity contribution in [2.45, 2.75) is 38.5 Å². The van der Waals surface area contributed by atoms with E-state index in [4.69, 9.17) is 9.73 Å². The van der Waals surface area contributed by atoms with Crippen LogP contribution in [0.3, 0.4) is 0 Å². The van der Waals surface area contributed by atoms with E-state index < -0.39 is 13.2 Å². The fourth-order valence-corrected chi connectivity index (χ4v) is 6.39. The number of nitrogens with zero attached hydrogens (tertiary/aromatic N) is 2. The summed E-state index contributed by atoms with van der Waals surface area (Å²) in [5.41, 5.74) is 6.83. The number of methoxy groups -OCH3 is 1. The molecule has 216 valence electrons. The monoisotopic (exact) mass is 594 g/mol. The molecule has 2 heterocycles. The van der Waals surface area contributed by atoms with Crippen molar-refractivity contribution in [1.29, 1.82) is 0 Å². The number of hydrogen-bond acceptors (Lipinski definition) is 6. The zero-order valence-corrected chi connectivity index (χ0v) is 23.3.